The maximum absolute atomic E-state index is 5.96. The summed E-state index contributed by atoms with van der Waals surface area (Å²) in [5.74, 6) is 0.943. The Bertz CT molecular complexity index is 363. The van der Waals surface area contributed by atoms with Gasteiger partial charge in [0.25, 0.3) is 0 Å². The molecule has 1 aromatic rings. The highest BCUT2D eigenvalue weighted by molar-refractivity contribution is 9.10. The van der Waals surface area contributed by atoms with Crippen molar-refractivity contribution < 1.29 is 0 Å². The lowest BCUT2D eigenvalue weighted by atomic mass is 9.81. The SMILES string of the molecule is CC(CC1CCC1)Nc1ccc(Cl)c(Br)c1. The van der Waals surface area contributed by atoms with Gasteiger partial charge in [-0.25, -0.2) is 0 Å². The van der Waals surface area contributed by atoms with Crippen LogP contribution in [0.15, 0.2) is 22.7 Å². The molecule has 1 aliphatic carbocycles. The average Bonchev–Trinajstić information content (AvgIpc) is 2.18. The molecule has 1 saturated carbocycles. The van der Waals surface area contributed by atoms with Gasteiger partial charge in [-0.05, 0) is 53.4 Å². The molecule has 1 fully saturated rings. The molecule has 0 aliphatic heterocycles. The van der Waals surface area contributed by atoms with E-state index in [1.54, 1.807) is 0 Å². The fraction of sp³-hybridized carbons (Fsp3) is 0.538. The summed E-state index contributed by atoms with van der Waals surface area (Å²) in [7, 11) is 0. The molecular weight excluding hydrogens is 286 g/mol. The monoisotopic (exact) mass is 301 g/mol. The first kappa shape index (κ1) is 12.3. The minimum Gasteiger partial charge on any atom is -0.383 e. The van der Waals surface area contributed by atoms with E-state index in [1.807, 2.05) is 18.2 Å². The highest BCUT2D eigenvalue weighted by Gasteiger charge is 2.19. The number of nitrogens with one attached hydrogen (secondary N) is 1. The highest BCUT2D eigenvalue weighted by atomic mass is 79.9. The van der Waals surface area contributed by atoms with E-state index in [0.29, 0.717) is 6.04 Å². The van der Waals surface area contributed by atoms with Gasteiger partial charge >= 0.3 is 0 Å². The lowest BCUT2D eigenvalue weighted by Gasteiger charge is -2.29. The summed E-state index contributed by atoms with van der Waals surface area (Å²) >= 11 is 9.40. The molecule has 0 radical (unpaired) electrons. The number of benzene rings is 1. The third kappa shape index (κ3) is 3.14. The van der Waals surface area contributed by atoms with Crippen LogP contribution in [0.25, 0.3) is 0 Å². The van der Waals surface area contributed by atoms with Gasteiger partial charge in [0, 0.05) is 16.2 Å². The molecule has 0 aromatic heterocycles. The van der Waals surface area contributed by atoms with Gasteiger partial charge < -0.3 is 5.32 Å². The number of hydrogen-bond donors (Lipinski definition) is 1. The Morgan fingerprint density at radius 1 is 1.50 bits per heavy atom. The lowest BCUT2D eigenvalue weighted by Crippen LogP contribution is -2.23. The molecule has 0 saturated heterocycles. The van der Waals surface area contributed by atoms with Crippen molar-refractivity contribution in [2.24, 2.45) is 5.92 Å². The zero-order valence-electron chi connectivity index (χ0n) is 9.47. The zero-order valence-corrected chi connectivity index (χ0v) is 11.8. The molecule has 16 heavy (non-hydrogen) atoms. The molecule has 0 heterocycles. The molecule has 1 N–H and O–H groups in total. The summed E-state index contributed by atoms with van der Waals surface area (Å²) in [6.45, 7) is 2.25. The first-order chi connectivity index (χ1) is 7.65. The minimum absolute atomic E-state index is 0.540. The smallest absolute Gasteiger partial charge is 0.0549 e. The second-order valence-electron chi connectivity index (χ2n) is 4.71. The highest BCUT2D eigenvalue weighted by Crippen LogP contribution is 2.31. The molecule has 1 aromatic carbocycles. The van der Waals surface area contributed by atoms with Crippen LogP contribution in [-0.4, -0.2) is 6.04 Å². The van der Waals surface area contributed by atoms with Gasteiger partial charge in [0.1, 0.15) is 0 Å². The standard InChI is InChI=1S/C13H17BrClN/c1-9(7-10-3-2-4-10)16-11-5-6-13(15)12(14)8-11/h5-6,8-10,16H,2-4,7H2,1H3. The molecule has 0 amide bonds. The van der Waals surface area contributed by atoms with Crippen molar-refractivity contribution in [3.63, 3.8) is 0 Å². The maximum Gasteiger partial charge on any atom is 0.0549 e. The quantitative estimate of drug-likeness (QED) is 0.816. The van der Waals surface area contributed by atoms with E-state index < -0.39 is 0 Å². The molecular formula is C13H17BrClN. The second-order valence-corrected chi connectivity index (χ2v) is 5.97. The molecule has 0 bridgehead atoms. The van der Waals surface area contributed by atoms with Crippen LogP contribution in [0.4, 0.5) is 5.69 Å². The van der Waals surface area contributed by atoms with Gasteiger partial charge in [0.15, 0.2) is 0 Å². The van der Waals surface area contributed by atoms with E-state index in [2.05, 4.69) is 28.2 Å². The van der Waals surface area contributed by atoms with Crippen LogP contribution in [0.2, 0.25) is 5.02 Å². The van der Waals surface area contributed by atoms with Crippen LogP contribution in [0.3, 0.4) is 0 Å². The van der Waals surface area contributed by atoms with Crippen LogP contribution < -0.4 is 5.32 Å². The molecule has 1 aliphatic rings. The second kappa shape index (κ2) is 5.42. The molecule has 1 unspecified atom stereocenters. The number of halogens is 2. The molecule has 0 spiro atoms. The predicted molar refractivity (Wildman–Crippen MR) is 74.2 cm³/mol. The number of hydrogen-bond acceptors (Lipinski definition) is 1. The van der Waals surface area contributed by atoms with Crippen LogP contribution >= 0.6 is 27.5 Å². The van der Waals surface area contributed by atoms with Crippen LogP contribution in [-0.2, 0) is 0 Å². The zero-order chi connectivity index (χ0) is 11.5. The Labute approximate surface area is 111 Å². The Morgan fingerprint density at radius 3 is 2.81 bits per heavy atom. The average molecular weight is 303 g/mol. The molecule has 1 atom stereocenters. The summed E-state index contributed by atoms with van der Waals surface area (Å²) in [6.07, 6.45) is 5.52. The van der Waals surface area contributed by atoms with E-state index >= 15 is 0 Å². The van der Waals surface area contributed by atoms with Gasteiger partial charge in [-0.1, -0.05) is 30.9 Å². The van der Waals surface area contributed by atoms with E-state index in [0.717, 1.165) is 21.1 Å². The Hall–Kier alpha value is -0.210. The molecule has 3 heteroatoms. The Balaban J connectivity index is 1.89. The number of anilines is 1. The maximum atomic E-state index is 5.96. The third-order valence-corrected chi connectivity index (χ3v) is 4.46. The summed E-state index contributed by atoms with van der Waals surface area (Å²) in [4.78, 5) is 0. The van der Waals surface area contributed by atoms with Crippen LogP contribution in [0.5, 0.6) is 0 Å². The fourth-order valence-corrected chi connectivity index (χ4v) is 2.65. The first-order valence-corrected chi connectivity index (χ1v) is 7.04. The van der Waals surface area contributed by atoms with E-state index in [4.69, 9.17) is 11.6 Å². The Kier molecular flexibility index (Phi) is 4.15. The largest absolute Gasteiger partial charge is 0.383 e. The van der Waals surface area contributed by atoms with Crippen molar-refractivity contribution in [1.82, 2.24) is 0 Å². The minimum atomic E-state index is 0.540. The summed E-state index contributed by atoms with van der Waals surface area (Å²) in [6, 6.07) is 6.53. The molecule has 88 valence electrons. The van der Waals surface area contributed by atoms with E-state index in [-0.39, 0.29) is 0 Å². The molecule has 2 rings (SSSR count). The van der Waals surface area contributed by atoms with Crippen LogP contribution in [0.1, 0.15) is 32.6 Å². The fourth-order valence-electron chi connectivity index (χ4n) is 2.16. The summed E-state index contributed by atoms with van der Waals surface area (Å²) < 4.78 is 0.954. The van der Waals surface area contributed by atoms with E-state index in [1.165, 1.54) is 25.7 Å². The van der Waals surface area contributed by atoms with Crippen molar-refractivity contribution in [3.05, 3.63) is 27.7 Å². The van der Waals surface area contributed by atoms with Gasteiger partial charge in [-0.15, -0.1) is 0 Å². The van der Waals surface area contributed by atoms with Crippen molar-refractivity contribution in [1.29, 1.82) is 0 Å². The molecule has 1 nitrogen and oxygen atoms in total. The van der Waals surface area contributed by atoms with Gasteiger partial charge in [-0.3, -0.25) is 0 Å². The van der Waals surface area contributed by atoms with Gasteiger partial charge in [0.05, 0.1) is 5.02 Å². The summed E-state index contributed by atoms with van der Waals surface area (Å²) in [5, 5.41) is 4.28. The van der Waals surface area contributed by atoms with Crippen molar-refractivity contribution in [3.8, 4) is 0 Å². The van der Waals surface area contributed by atoms with Crippen molar-refractivity contribution in [2.75, 3.05) is 5.32 Å². The Morgan fingerprint density at radius 2 is 2.25 bits per heavy atom. The first-order valence-electron chi connectivity index (χ1n) is 5.87. The topological polar surface area (TPSA) is 12.0 Å². The van der Waals surface area contributed by atoms with E-state index in [9.17, 15) is 0 Å². The van der Waals surface area contributed by atoms with Crippen molar-refractivity contribution in [2.45, 2.75) is 38.6 Å². The van der Waals surface area contributed by atoms with Crippen molar-refractivity contribution >= 4 is 33.2 Å². The summed E-state index contributed by atoms with van der Waals surface area (Å²) in [5.41, 5.74) is 1.14. The predicted octanol–water partition coefficient (Wildman–Crippen LogP) is 5.09. The number of rotatable bonds is 4. The van der Waals surface area contributed by atoms with Crippen LogP contribution in [0, 0.1) is 5.92 Å². The van der Waals surface area contributed by atoms with Gasteiger partial charge in [-0.2, -0.15) is 0 Å². The third-order valence-electron chi connectivity index (χ3n) is 3.24. The normalized spacial score (nSPS) is 17.9. The van der Waals surface area contributed by atoms with Gasteiger partial charge in [0.2, 0.25) is 0 Å². The lowest BCUT2D eigenvalue weighted by molar-refractivity contribution is 0.286.